The SMILES string of the molecule is Cc1ccc(-n2nc(C(=O)NCCO)c3c2CCCC3)cc1. The van der Waals surface area contributed by atoms with Gasteiger partial charge in [-0.05, 0) is 44.7 Å². The fourth-order valence-electron chi connectivity index (χ4n) is 2.93. The van der Waals surface area contributed by atoms with E-state index in [0.717, 1.165) is 42.6 Å². The lowest BCUT2D eigenvalue weighted by Gasteiger charge is -2.14. The number of hydrogen-bond donors (Lipinski definition) is 2. The third kappa shape index (κ3) is 2.76. The summed E-state index contributed by atoms with van der Waals surface area (Å²) in [4.78, 5) is 12.3. The number of carbonyl (C=O) groups is 1. The van der Waals surface area contributed by atoms with E-state index in [4.69, 9.17) is 5.11 Å². The second-order valence-corrected chi connectivity index (χ2v) is 5.71. The van der Waals surface area contributed by atoms with Crippen LogP contribution in [0.3, 0.4) is 0 Å². The zero-order chi connectivity index (χ0) is 15.5. The first-order valence-electron chi connectivity index (χ1n) is 7.77. The smallest absolute Gasteiger partial charge is 0.272 e. The van der Waals surface area contributed by atoms with Crippen LogP contribution in [0.1, 0.15) is 40.2 Å². The first-order valence-corrected chi connectivity index (χ1v) is 7.77. The first-order chi connectivity index (χ1) is 10.7. The third-order valence-corrected chi connectivity index (χ3v) is 4.07. The molecule has 22 heavy (non-hydrogen) atoms. The van der Waals surface area contributed by atoms with Gasteiger partial charge in [0.05, 0.1) is 12.3 Å². The Morgan fingerprint density at radius 3 is 2.73 bits per heavy atom. The number of aliphatic hydroxyl groups is 1. The molecular formula is C17H21N3O2. The van der Waals surface area contributed by atoms with Crippen LogP contribution in [0, 0.1) is 6.92 Å². The van der Waals surface area contributed by atoms with Crippen LogP contribution < -0.4 is 5.32 Å². The van der Waals surface area contributed by atoms with Crippen molar-refractivity contribution in [3.05, 3.63) is 46.8 Å². The van der Waals surface area contributed by atoms with E-state index in [9.17, 15) is 4.79 Å². The van der Waals surface area contributed by atoms with Gasteiger partial charge < -0.3 is 10.4 Å². The fourth-order valence-corrected chi connectivity index (χ4v) is 2.93. The number of carbonyl (C=O) groups excluding carboxylic acids is 1. The molecule has 5 nitrogen and oxygen atoms in total. The van der Waals surface area contributed by atoms with Gasteiger partial charge in [-0.3, -0.25) is 4.79 Å². The summed E-state index contributed by atoms with van der Waals surface area (Å²) < 4.78 is 1.90. The minimum atomic E-state index is -0.196. The van der Waals surface area contributed by atoms with Crippen molar-refractivity contribution >= 4 is 5.91 Å². The number of nitrogens with one attached hydrogen (secondary N) is 1. The van der Waals surface area contributed by atoms with Crippen LogP contribution in [0.15, 0.2) is 24.3 Å². The summed E-state index contributed by atoms with van der Waals surface area (Å²) in [6, 6.07) is 8.18. The van der Waals surface area contributed by atoms with Crippen LogP contribution in [0.25, 0.3) is 5.69 Å². The number of nitrogens with zero attached hydrogens (tertiary/aromatic N) is 2. The Morgan fingerprint density at radius 2 is 2.00 bits per heavy atom. The lowest BCUT2D eigenvalue weighted by Crippen LogP contribution is -2.27. The van der Waals surface area contributed by atoms with Crippen molar-refractivity contribution in [1.29, 1.82) is 0 Å². The Balaban J connectivity index is 2.02. The number of aromatic nitrogens is 2. The van der Waals surface area contributed by atoms with Crippen molar-refractivity contribution in [2.24, 2.45) is 0 Å². The first kappa shape index (κ1) is 14.8. The van der Waals surface area contributed by atoms with E-state index in [1.807, 2.05) is 16.8 Å². The summed E-state index contributed by atoms with van der Waals surface area (Å²) in [7, 11) is 0. The molecule has 1 heterocycles. The lowest BCUT2D eigenvalue weighted by molar-refractivity contribution is 0.0938. The normalized spacial score (nSPS) is 13.7. The Kier molecular flexibility index (Phi) is 4.24. The van der Waals surface area contributed by atoms with Crippen LogP contribution in [-0.4, -0.2) is 33.9 Å². The Labute approximate surface area is 130 Å². The van der Waals surface area contributed by atoms with E-state index in [1.54, 1.807) is 0 Å². The van der Waals surface area contributed by atoms with E-state index < -0.39 is 0 Å². The molecule has 1 aliphatic carbocycles. The van der Waals surface area contributed by atoms with Crippen molar-refractivity contribution in [2.75, 3.05) is 13.2 Å². The third-order valence-electron chi connectivity index (χ3n) is 4.07. The number of fused-ring (bicyclic) bond motifs is 1. The average Bonchev–Trinajstić information content (AvgIpc) is 2.93. The zero-order valence-electron chi connectivity index (χ0n) is 12.8. The van der Waals surface area contributed by atoms with Crippen molar-refractivity contribution in [1.82, 2.24) is 15.1 Å². The molecule has 0 saturated heterocycles. The molecule has 0 radical (unpaired) electrons. The minimum Gasteiger partial charge on any atom is -0.395 e. The summed E-state index contributed by atoms with van der Waals surface area (Å²) in [5.41, 5.74) is 4.89. The maximum Gasteiger partial charge on any atom is 0.272 e. The standard InChI is InChI=1S/C17H21N3O2/c1-12-6-8-13(9-7-12)20-15-5-3-2-4-14(15)16(19-20)17(22)18-10-11-21/h6-9,21H,2-5,10-11H2,1H3,(H,18,22). The van der Waals surface area contributed by atoms with Crippen LogP contribution in [0.4, 0.5) is 0 Å². The molecule has 5 heteroatoms. The lowest BCUT2D eigenvalue weighted by atomic mass is 9.95. The Bertz CT molecular complexity index is 674. The molecule has 2 aromatic rings. The van der Waals surface area contributed by atoms with Gasteiger partial charge in [-0.2, -0.15) is 5.10 Å². The van der Waals surface area contributed by atoms with Gasteiger partial charge in [-0.15, -0.1) is 0 Å². The highest BCUT2D eigenvalue weighted by Gasteiger charge is 2.25. The molecule has 0 atom stereocenters. The molecule has 2 N–H and O–H groups in total. The average molecular weight is 299 g/mol. The van der Waals surface area contributed by atoms with Crippen LogP contribution >= 0.6 is 0 Å². The fraction of sp³-hybridized carbons (Fsp3) is 0.412. The highest BCUT2D eigenvalue weighted by molar-refractivity contribution is 5.94. The monoisotopic (exact) mass is 299 g/mol. The summed E-state index contributed by atoms with van der Waals surface area (Å²) in [5.74, 6) is -0.196. The van der Waals surface area contributed by atoms with Crippen LogP contribution in [0.5, 0.6) is 0 Å². The Morgan fingerprint density at radius 1 is 1.27 bits per heavy atom. The molecule has 0 spiro atoms. The molecule has 116 valence electrons. The highest BCUT2D eigenvalue weighted by Crippen LogP contribution is 2.27. The predicted molar refractivity (Wildman–Crippen MR) is 84.4 cm³/mol. The van der Waals surface area contributed by atoms with E-state index in [-0.39, 0.29) is 19.1 Å². The van der Waals surface area contributed by atoms with E-state index >= 15 is 0 Å². The van der Waals surface area contributed by atoms with Crippen LogP contribution in [0.2, 0.25) is 0 Å². The van der Waals surface area contributed by atoms with Crippen molar-refractivity contribution < 1.29 is 9.90 Å². The molecule has 0 unspecified atom stereocenters. The topological polar surface area (TPSA) is 67.2 Å². The highest BCUT2D eigenvalue weighted by atomic mass is 16.3. The maximum atomic E-state index is 12.3. The summed E-state index contributed by atoms with van der Waals surface area (Å²) >= 11 is 0. The van der Waals surface area contributed by atoms with Gasteiger partial charge in [0, 0.05) is 17.8 Å². The molecule has 0 fully saturated rings. The molecule has 0 bridgehead atoms. The molecule has 1 amide bonds. The molecule has 1 aromatic heterocycles. The molecule has 1 aliphatic rings. The van der Waals surface area contributed by atoms with Gasteiger partial charge in [-0.25, -0.2) is 4.68 Å². The van der Waals surface area contributed by atoms with Gasteiger partial charge in [0.2, 0.25) is 0 Å². The number of benzene rings is 1. The largest absolute Gasteiger partial charge is 0.395 e. The second-order valence-electron chi connectivity index (χ2n) is 5.71. The van der Waals surface area contributed by atoms with Gasteiger partial charge in [0.25, 0.3) is 5.91 Å². The van der Waals surface area contributed by atoms with Gasteiger partial charge in [0.1, 0.15) is 0 Å². The van der Waals surface area contributed by atoms with Gasteiger partial charge in [-0.1, -0.05) is 17.7 Å². The van der Waals surface area contributed by atoms with Crippen molar-refractivity contribution in [3.8, 4) is 5.69 Å². The molecule has 1 aromatic carbocycles. The van der Waals surface area contributed by atoms with Crippen molar-refractivity contribution in [3.63, 3.8) is 0 Å². The van der Waals surface area contributed by atoms with E-state index in [2.05, 4.69) is 29.5 Å². The van der Waals surface area contributed by atoms with E-state index in [0.29, 0.717) is 5.69 Å². The minimum absolute atomic E-state index is 0.0629. The predicted octanol–water partition coefficient (Wildman–Crippen LogP) is 1.78. The number of rotatable bonds is 4. The number of aliphatic hydroxyl groups excluding tert-OH is 1. The number of amides is 1. The van der Waals surface area contributed by atoms with Crippen molar-refractivity contribution in [2.45, 2.75) is 32.6 Å². The van der Waals surface area contributed by atoms with Gasteiger partial charge in [0.15, 0.2) is 5.69 Å². The molecular weight excluding hydrogens is 278 g/mol. The van der Waals surface area contributed by atoms with E-state index in [1.165, 1.54) is 5.56 Å². The molecule has 0 aliphatic heterocycles. The number of aryl methyl sites for hydroxylation is 1. The Hall–Kier alpha value is -2.14. The maximum absolute atomic E-state index is 12.3. The zero-order valence-corrected chi connectivity index (χ0v) is 12.8. The van der Waals surface area contributed by atoms with Crippen LogP contribution in [-0.2, 0) is 12.8 Å². The van der Waals surface area contributed by atoms with Gasteiger partial charge >= 0.3 is 0 Å². The second kappa shape index (κ2) is 6.32. The summed E-state index contributed by atoms with van der Waals surface area (Å²) in [6.45, 7) is 2.24. The summed E-state index contributed by atoms with van der Waals surface area (Å²) in [6.07, 6.45) is 4.06. The molecule has 3 rings (SSSR count). The number of hydrogen-bond acceptors (Lipinski definition) is 3. The molecule has 0 saturated carbocycles. The summed E-state index contributed by atoms with van der Waals surface area (Å²) in [5, 5.41) is 16.1. The quantitative estimate of drug-likeness (QED) is 0.904.